The Balaban J connectivity index is 2.12. The summed E-state index contributed by atoms with van der Waals surface area (Å²) in [5.41, 5.74) is 8.14. The van der Waals surface area contributed by atoms with Crippen LogP contribution in [0.2, 0.25) is 0 Å². The van der Waals surface area contributed by atoms with Gasteiger partial charge in [0.15, 0.2) is 5.13 Å². The summed E-state index contributed by atoms with van der Waals surface area (Å²) in [5.74, 6) is 0. The molecular formula is C14H19N3S. The fourth-order valence-electron chi connectivity index (χ4n) is 1.81. The van der Waals surface area contributed by atoms with Crippen LogP contribution in [0.5, 0.6) is 0 Å². The zero-order chi connectivity index (χ0) is 12.8. The highest BCUT2D eigenvalue weighted by molar-refractivity contribution is 7.13. The zero-order valence-corrected chi connectivity index (χ0v) is 11.5. The highest BCUT2D eigenvalue weighted by atomic mass is 32.1. The van der Waals surface area contributed by atoms with Crippen LogP contribution in [0.3, 0.4) is 0 Å². The van der Waals surface area contributed by atoms with Crippen LogP contribution in [0.4, 0.5) is 5.13 Å². The van der Waals surface area contributed by atoms with Gasteiger partial charge in [0.1, 0.15) is 0 Å². The molecule has 0 amide bonds. The van der Waals surface area contributed by atoms with E-state index in [1.807, 2.05) is 6.07 Å². The van der Waals surface area contributed by atoms with Gasteiger partial charge < -0.3 is 10.6 Å². The third-order valence-electron chi connectivity index (χ3n) is 2.79. The number of nitrogens with zero attached hydrogens (tertiary/aromatic N) is 2. The topological polar surface area (TPSA) is 42.1 Å². The monoisotopic (exact) mass is 261 g/mol. The molecule has 0 aliphatic heterocycles. The molecule has 0 bridgehead atoms. The van der Waals surface area contributed by atoms with Gasteiger partial charge in [0, 0.05) is 25.0 Å². The summed E-state index contributed by atoms with van der Waals surface area (Å²) in [7, 11) is 0. The highest BCUT2D eigenvalue weighted by Gasteiger charge is 2.10. The number of aryl methyl sites for hydroxylation is 1. The van der Waals surface area contributed by atoms with Crippen molar-refractivity contribution in [2.45, 2.75) is 19.9 Å². The second kappa shape index (κ2) is 6.52. The van der Waals surface area contributed by atoms with E-state index < -0.39 is 0 Å². The second-order valence-electron chi connectivity index (χ2n) is 4.17. The fraction of sp³-hybridized carbons (Fsp3) is 0.357. The maximum atomic E-state index is 5.69. The Labute approximate surface area is 112 Å². The standard InChI is InChI=1S/C14H19N3S/c1-2-13-11-18-14(16-13)17(9-8-15)10-12-6-4-3-5-7-12/h3-7,11H,2,8-10,15H2,1H3. The molecule has 1 heterocycles. The van der Waals surface area contributed by atoms with Crippen molar-refractivity contribution in [1.82, 2.24) is 4.98 Å². The minimum atomic E-state index is 0.647. The normalized spacial score (nSPS) is 10.6. The Morgan fingerprint density at radius 1 is 1.28 bits per heavy atom. The SMILES string of the molecule is CCc1csc(N(CCN)Cc2ccccc2)n1. The van der Waals surface area contributed by atoms with E-state index in [2.05, 4.69) is 46.5 Å². The van der Waals surface area contributed by atoms with Crippen LogP contribution in [-0.4, -0.2) is 18.1 Å². The molecule has 2 rings (SSSR count). The summed E-state index contributed by atoms with van der Waals surface area (Å²) in [6, 6.07) is 10.4. The molecule has 0 aliphatic carbocycles. The van der Waals surface area contributed by atoms with Crippen molar-refractivity contribution in [1.29, 1.82) is 0 Å². The van der Waals surface area contributed by atoms with Gasteiger partial charge in [0.05, 0.1) is 5.69 Å². The van der Waals surface area contributed by atoms with Gasteiger partial charge in [-0.1, -0.05) is 37.3 Å². The van der Waals surface area contributed by atoms with E-state index in [9.17, 15) is 0 Å². The molecule has 96 valence electrons. The maximum absolute atomic E-state index is 5.69. The van der Waals surface area contributed by atoms with E-state index in [1.165, 1.54) is 5.56 Å². The Morgan fingerprint density at radius 2 is 2.06 bits per heavy atom. The van der Waals surface area contributed by atoms with Crippen LogP contribution in [-0.2, 0) is 13.0 Å². The smallest absolute Gasteiger partial charge is 0.185 e. The largest absolute Gasteiger partial charge is 0.342 e. The molecule has 3 nitrogen and oxygen atoms in total. The summed E-state index contributed by atoms with van der Waals surface area (Å²) in [5, 5.41) is 3.20. The second-order valence-corrected chi connectivity index (χ2v) is 5.01. The third kappa shape index (κ3) is 3.31. The number of rotatable bonds is 6. The molecule has 4 heteroatoms. The van der Waals surface area contributed by atoms with Crippen molar-refractivity contribution in [3.05, 3.63) is 47.0 Å². The van der Waals surface area contributed by atoms with Gasteiger partial charge in [-0.2, -0.15) is 0 Å². The number of hydrogen-bond acceptors (Lipinski definition) is 4. The zero-order valence-electron chi connectivity index (χ0n) is 10.7. The fourth-order valence-corrected chi connectivity index (χ4v) is 2.74. The van der Waals surface area contributed by atoms with Gasteiger partial charge in [-0.15, -0.1) is 11.3 Å². The van der Waals surface area contributed by atoms with E-state index in [-0.39, 0.29) is 0 Å². The highest BCUT2D eigenvalue weighted by Crippen LogP contribution is 2.22. The Morgan fingerprint density at radius 3 is 2.67 bits per heavy atom. The molecule has 2 N–H and O–H groups in total. The van der Waals surface area contributed by atoms with Crippen molar-refractivity contribution in [2.24, 2.45) is 5.73 Å². The summed E-state index contributed by atoms with van der Waals surface area (Å²) in [6.07, 6.45) is 0.984. The lowest BCUT2D eigenvalue weighted by Gasteiger charge is -2.21. The van der Waals surface area contributed by atoms with Crippen LogP contribution < -0.4 is 10.6 Å². The number of anilines is 1. The third-order valence-corrected chi connectivity index (χ3v) is 3.74. The molecule has 0 unspecified atom stereocenters. The summed E-state index contributed by atoms with van der Waals surface area (Å²) < 4.78 is 0. The molecule has 0 saturated carbocycles. The first kappa shape index (κ1) is 13.1. The van der Waals surface area contributed by atoms with E-state index in [4.69, 9.17) is 5.73 Å². The lowest BCUT2D eigenvalue weighted by Crippen LogP contribution is -2.28. The van der Waals surface area contributed by atoms with E-state index in [0.29, 0.717) is 6.54 Å². The predicted molar refractivity (Wildman–Crippen MR) is 78.0 cm³/mol. The summed E-state index contributed by atoms with van der Waals surface area (Å²) >= 11 is 1.70. The van der Waals surface area contributed by atoms with Crippen molar-refractivity contribution in [3.8, 4) is 0 Å². The molecule has 0 saturated heterocycles. The number of aromatic nitrogens is 1. The number of benzene rings is 1. The van der Waals surface area contributed by atoms with E-state index in [1.54, 1.807) is 11.3 Å². The first-order valence-corrected chi connectivity index (χ1v) is 7.14. The molecule has 2 aromatic rings. The first-order valence-electron chi connectivity index (χ1n) is 6.26. The van der Waals surface area contributed by atoms with Crippen molar-refractivity contribution >= 4 is 16.5 Å². The Hall–Kier alpha value is -1.39. The molecule has 0 radical (unpaired) electrons. The molecule has 1 aromatic heterocycles. The van der Waals surface area contributed by atoms with Gasteiger partial charge in [0.25, 0.3) is 0 Å². The van der Waals surface area contributed by atoms with Crippen molar-refractivity contribution in [2.75, 3.05) is 18.0 Å². The minimum absolute atomic E-state index is 0.647. The number of thiazole rings is 1. The number of nitrogens with two attached hydrogens (primary N) is 1. The molecule has 0 atom stereocenters. The molecule has 18 heavy (non-hydrogen) atoms. The van der Waals surface area contributed by atoms with Crippen LogP contribution >= 0.6 is 11.3 Å². The molecule has 0 fully saturated rings. The summed E-state index contributed by atoms with van der Waals surface area (Å²) in [4.78, 5) is 6.88. The lowest BCUT2D eigenvalue weighted by atomic mass is 10.2. The minimum Gasteiger partial charge on any atom is -0.342 e. The van der Waals surface area contributed by atoms with Gasteiger partial charge in [-0.05, 0) is 12.0 Å². The molecular weight excluding hydrogens is 242 g/mol. The predicted octanol–water partition coefficient (Wildman–Crippen LogP) is 2.67. The van der Waals surface area contributed by atoms with Crippen LogP contribution in [0.25, 0.3) is 0 Å². The van der Waals surface area contributed by atoms with Crippen molar-refractivity contribution < 1.29 is 0 Å². The molecule has 0 spiro atoms. The molecule has 1 aromatic carbocycles. The Bertz CT molecular complexity index is 467. The first-order chi connectivity index (χ1) is 8.83. The van der Waals surface area contributed by atoms with Crippen molar-refractivity contribution in [3.63, 3.8) is 0 Å². The Kier molecular flexibility index (Phi) is 4.73. The van der Waals surface area contributed by atoms with E-state index >= 15 is 0 Å². The van der Waals surface area contributed by atoms with Gasteiger partial charge in [-0.3, -0.25) is 0 Å². The van der Waals surface area contributed by atoms with Crippen LogP contribution in [0.1, 0.15) is 18.2 Å². The van der Waals surface area contributed by atoms with Gasteiger partial charge in [-0.25, -0.2) is 4.98 Å². The van der Waals surface area contributed by atoms with Gasteiger partial charge in [0.2, 0.25) is 0 Å². The molecule has 0 aliphatic rings. The van der Waals surface area contributed by atoms with Crippen LogP contribution in [0.15, 0.2) is 35.7 Å². The average Bonchev–Trinajstić information content (AvgIpc) is 2.88. The number of hydrogen-bond donors (Lipinski definition) is 1. The maximum Gasteiger partial charge on any atom is 0.185 e. The lowest BCUT2D eigenvalue weighted by molar-refractivity contribution is 0.783. The summed E-state index contributed by atoms with van der Waals surface area (Å²) in [6.45, 7) is 4.48. The average molecular weight is 261 g/mol. The van der Waals surface area contributed by atoms with E-state index in [0.717, 1.165) is 30.3 Å². The quantitative estimate of drug-likeness (QED) is 0.869. The van der Waals surface area contributed by atoms with Gasteiger partial charge >= 0.3 is 0 Å². The van der Waals surface area contributed by atoms with Crippen LogP contribution in [0, 0.1) is 0 Å².